The van der Waals surface area contributed by atoms with E-state index in [9.17, 15) is 0 Å². The molecule has 8 heteroatoms. The van der Waals surface area contributed by atoms with Gasteiger partial charge in [0.1, 0.15) is 23.0 Å². The smallest absolute Gasteiger partial charge is 0.252 e. The summed E-state index contributed by atoms with van der Waals surface area (Å²) in [5.74, 6) is 3.33. The van der Waals surface area contributed by atoms with E-state index in [4.69, 9.17) is 9.47 Å². The van der Waals surface area contributed by atoms with Crippen molar-refractivity contribution in [2.24, 2.45) is 0 Å². The quantitative estimate of drug-likeness (QED) is 0.141. The average molecular weight is 1230 g/mol. The number of rotatable bonds is 8. The van der Waals surface area contributed by atoms with Crippen LogP contribution >= 0.6 is 0 Å². The van der Waals surface area contributed by atoms with E-state index in [-0.39, 0.29) is 24.3 Å². The second-order valence-corrected chi connectivity index (χ2v) is 29.7. The van der Waals surface area contributed by atoms with E-state index in [1.54, 1.807) is 0 Å². The average Bonchev–Trinajstić information content (AvgIpc) is 0.687. The number of aryl methyl sites for hydroxylation is 12. The molecule has 0 radical (unpaired) electrons. The van der Waals surface area contributed by atoms with Gasteiger partial charge in [0, 0.05) is 81.1 Å². The monoisotopic (exact) mass is 1230 g/mol. The zero-order chi connectivity index (χ0) is 65.9. The molecule has 6 nitrogen and oxygen atoms in total. The summed E-state index contributed by atoms with van der Waals surface area (Å²) in [6, 6.07) is 69.8. The van der Waals surface area contributed by atoms with E-state index in [2.05, 4.69) is 326 Å². The molecule has 4 heterocycles. The summed E-state index contributed by atoms with van der Waals surface area (Å²) in [4.78, 5) is 10.4. The van der Waals surface area contributed by atoms with Crippen LogP contribution in [-0.4, -0.2) is 13.4 Å². The first-order chi connectivity index (χ1) is 44.8. The molecule has 0 unspecified atom stereocenters. The van der Waals surface area contributed by atoms with Crippen molar-refractivity contribution in [2.45, 2.75) is 135 Å². The molecule has 0 saturated heterocycles. The van der Waals surface area contributed by atoms with Crippen LogP contribution in [0, 0.1) is 83.1 Å². The van der Waals surface area contributed by atoms with Crippen LogP contribution in [0.5, 0.6) is 23.0 Å². The summed E-state index contributed by atoms with van der Waals surface area (Å²) in [6.07, 6.45) is 0. The Labute approximate surface area is 558 Å². The Hall–Kier alpha value is -9.65. The molecular weight excluding hydrogens is 1140 g/mol. The van der Waals surface area contributed by atoms with Crippen molar-refractivity contribution in [3.63, 3.8) is 0 Å². The lowest BCUT2D eigenvalue weighted by Gasteiger charge is -2.48. The lowest BCUT2D eigenvalue weighted by molar-refractivity contribution is 0.475. The van der Waals surface area contributed by atoms with Crippen molar-refractivity contribution in [1.29, 1.82) is 0 Å². The van der Waals surface area contributed by atoms with Crippen LogP contribution in [0.4, 0.5) is 68.2 Å². The van der Waals surface area contributed by atoms with Gasteiger partial charge in [0.2, 0.25) is 0 Å². The van der Waals surface area contributed by atoms with Gasteiger partial charge in [-0.05, 0) is 224 Å². The molecule has 0 atom stereocenters. The minimum Gasteiger partial charge on any atom is -0.457 e. The number of para-hydroxylation sites is 4. The van der Waals surface area contributed by atoms with Crippen LogP contribution in [-0.2, 0) is 10.8 Å². The number of hydrogen-bond donors (Lipinski definition) is 0. The van der Waals surface area contributed by atoms with Crippen LogP contribution in [0.2, 0.25) is 0 Å². The molecule has 0 aromatic heterocycles. The zero-order valence-electron chi connectivity index (χ0n) is 58.1. The van der Waals surface area contributed by atoms with Gasteiger partial charge in [-0.3, -0.25) is 0 Å². The van der Waals surface area contributed by atoms with Gasteiger partial charge in [0.25, 0.3) is 13.4 Å². The predicted molar refractivity (Wildman–Crippen MR) is 402 cm³/mol. The van der Waals surface area contributed by atoms with Gasteiger partial charge in [0.15, 0.2) is 0 Å². The number of anilines is 12. The Kier molecular flexibility index (Phi) is 14.2. The molecule has 94 heavy (non-hydrogen) atoms. The zero-order valence-corrected chi connectivity index (χ0v) is 58.1. The molecule has 15 rings (SSSR count). The SMILES string of the molecule is Cc1cc(C)c(Oc2cc3c4c(c2)N(c2c(C)cccc2C)c2cc(C(C)(C)C)ccc2B4c2cc4c(cc2N3c2ccccc2C)N(c2ccccc2C)c2cc(Oc3c(C)cc(C)cc3C)cc3c2B4c2ccc(C(C)(C)C)cc2N3c2c(C)cccc2C)c(C)c1. The van der Waals surface area contributed by atoms with Crippen molar-refractivity contribution >= 4 is 114 Å². The van der Waals surface area contributed by atoms with Gasteiger partial charge >= 0.3 is 0 Å². The minimum atomic E-state index is -0.200. The van der Waals surface area contributed by atoms with E-state index in [1.165, 1.54) is 111 Å². The first-order valence-electron chi connectivity index (χ1n) is 33.6. The lowest BCUT2D eigenvalue weighted by Crippen LogP contribution is -2.65. The van der Waals surface area contributed by atoms with Crippen molar-refractivity contribution in [3.8, 4) is 23.0 Å². The third-order valence-electron chi connectivity index (χ3n) is 20.6. The summed E-state index contributed by atoms with van der Waals surface area (Å²) in [5, 5.41) is 0. The Morgan fingerprint density at radius 1 is 0.266 bits per heavy atom. The predicted octanol–water partition coefficient (Wildman–Crippen LogP) is 19.7. The molecule has 11 aromatic rings. The molecule has 4 aliphatic heterocycles. The first kappa shape index (κ1) is 60.6. The molecule has 0 N–H and O–H groups in total. The molecule has 11 aromatic carbocycles. The summed E-state index contributed by atoms with van der Waals surface area (Å²) >= 11 is 0. The van der Waals surface area contributed by atoms with Crippen molar-refractivity contribution in [3.05, 3.63) is 260 Å². The fourth-order valence-corrected chi connectivity index (χ4v) is 16.3. The van der Waals surface area contributed by atoms with Gasteiger partial charge < -0.3 is 29.1 Å². The number of nitrogens with zero attached hydrogens (tertiary/aromatic N) is 4. The van der Waals surface area contributed by atoms with Crippen molar-refractivity contribution < 1.29 is 9.47 Å². The third kappa shape index (κ3) is 9.59. The Bertz CT molecular complexity index is 4630. The number of fused-ring (bicyclic) bond motifs is 8. The maximum atomic E-state index is 7.45. The Morgan fingerprint density at radius 2 is 0.585 bits per heavy atom. The lowest BCUT2D eigenvalue weighted by atomic mass is 9.30. The van der Waals surface area contributed by atoms with Crippen molar-refractivity contribution in [2.75, 3.05) is 19.6 Å². The summed E-state index contributed by atoms with van der Waals surface area (Å²) in [6.45, 7) is 40.3. The van der Waals surface area contributed by atoms with E-state index in [0.29, 0.717) is 0 Å². The fourth-order valence-electron chi connectivity index (χ4n) is 16.3. The molecule has 0 fully saturated rings. The highest BCUT2D eigenvalue weighted by Gasteiger charge is 2.50. The van der Waals surface area contributed by atoms with Gasteiger partial charge in [-0.2, -0.15) is 0 Å². The summed E-state index contributed by atoms with van der Waals surface area (Å²) in [5.41, 5.74) is 37.5. The van der Waals surface area contributed by atoms with Crippen LogP contribution in [0.25, 0.3) is 0 Å². The van der Waals surface area contributed by atoms with E-state index in [0.717, 1.165) is 90.8 Å². The van der Waals surface area contributed by atoms with E-state index in [1.807, 2.05) is 0 Å². The van der Waals surface area contributed by atoms with Gasteiger partial charge in [0.05, 0.1) is 11.4 Å². The highest BCUT2D eigenvalue weighted by atomic mass is 16.5. The molecule has 0 spiro atoms. The molecule has 0 bridgehead atoms. The standard InChI is InChI=1S/C86H84B2N4O2/c1-49-37-57(9)83(58(10)38-49)93-63-43-75-79-77(45-63)91(81-53(5)27-23-28-54(81)6)71-41-61(85(13,14)15)33-35-65(71)87(79)67-47-68-74(48-73(67)89(75)69-31-21-19-25-51(69)3)90(70-32-22-20-26-52(70)4)76-44-64(94-84-59(11)39-50(2)40-60(84)12)46-78-80(76)88(68)66-36-34-62(86(16,17)18)42-72(66)92(78)82-55(7)29-24-30-56(82)8/h19-48H,1-18H3. The fraction of sp³-hybridized carbons (Fsp3) is 0.233. The van der Waals surface area contributed by atoms with Crippen LogP contribution < -0.4 is 61.9 Å². The van der Waals surface area contributed by atoms with Crippen LogP contribution in [0.3, 0.4) is 0 Å². The van der Waals surface area contributed by atoms with E-state index >= 15 is 0 Å². The summed E-state index contributed by atoms with van der Waals surface area (Å²) in [7, 11) is 0. The highest BCUT2D eigenvalue weighted by Crippen LogP contribution is 2.53. The molecule has 4 aliphatic rings. The maximum Gasteiger partial charge on any atom is 0.252 e. The third-order valence-corrected chi connectivity index (χ3v) is 20.6. The minimum absolute atomic E-state index is 0.137. The maximum absolute atomic E-state index is 7.45. The number of benzene rings is 11. The van der Waals surface area contributed by atoms with E-state index < -0.39 is 0 Å². The van der Waals surface area contributed by atoms with Crippen LogP contribution in [0.1, 0.15) is 119 Å². The van der Waals surface area contributed by atoms with Gasteiger partial charge in [-0.1, -0.05) is 180 Å². The Balaban J connectivity index is 1.10. The number of hydrogen-bond acceptors (Lipinski definition) is 6. The molecular formula is C86H84B2N4O2. The normalized spacial score (nSPS) is 13.5. The molecule has 0 aliphatic carbocycles. The molecule has 0 saturated carbocycles. The highest BCUT2D eigenvalue weighted by molar-refractivity contribution is 7.03. The van der Waals surface area contributed by atoms with Crippen molar-refractivity contribution in [1.82, 2.24) is 0 Å². The summed E-state index contributed by atoms with van der Waals surface area (Å²) < 4.78 is 14.9. The van der Waals surface area contributed by atoms with Gasteiger partial charge in [-0.15, -0.1) is 0 Å². The number of ether oxygens (including phenoxy) is 2. The molecule has 466 valence electrons. The first-order valence-corrected chi connectivity index (χ1v) is 33.6. The topological polar surface area (TPSA) is 31.4 Å². The van der Waals surface area contributed by atoms with Gasteiger partial charge in [-0.25, -0.2) is 0 Å². The second-order valence-electron chi connectivity index (χ2n) is 29.7. The largest absolute Gasteiger partial charge is 0.457 e. The van der Waals surface area contributed by atoms with Crippen LogP contribution in [0.15, 0.2) is 182 Å². The second kappa shape index (κ2) is 22.0. The Morgan fingerprint density at radius 3 is 0.926 bits per heavy atom. The molecule has 0 amide bonds.